The molecular weight excluding hydrogens is 304 g/mol. The van der Waals surface area contributed by atoms with Crippen molar-refractivity contribution in [1.29, 1.82) is 0 Å². The number of rotatable bonds is 1. The van der Waals surface area contributed by atoms with Gasteiger partial charge in [-0.25, -0.2) is 4.99 Å². The van der Waals surface area contributed by atoms with E-state index < -0.39 is 4.75 Å². The SMILES string of the molecule is CSC12C(=O)c3cccc4c3N(CCC4)C1=Nc1ccccc12. The number of Topliss-reactive ketones (excluding diaryl/α,β-unsaturated/α-hetero) is 1. The Morgan fingerprint density at radius 3 is 2.91 bits per heavy atom. The molecule has 1 unspecified atom stereocenters. The highest BCUT2D eigenvalue weighted by Gasteiger charge is 2.56. The van der Waals surface area contributed by atoms with E-state index in [9.17, 15) is 4.79 Å². The molecule has 0 aliphatic carbocycles. The molecule has 3 nitrogen and oxygen atoms in total. The minimum atomic E-state index is -0.681. The molecule has 0 saturated carbocycles. The fourth-order valence-electron chi connectivity index (χ4n) is 4.19. The first-order chi connectivity index (χ1) is 11.3. The molecule has 2 aromatic rings. The van der Waals surface area contributed by atoms with E-state index >= 15 is 0 Å². The van der Waals surface area contributed by atoms with Crippen molar-refractivity contribution in [2.45, 2.75) is 17.6 Å². The molecule has 0 spiro atoms. The maximum absolute atomic E-state index is 13.5. The highest BCUT2D eigenvalue weighted by Crippen LogP contribution is 2.54. The van der Waals surface area contributed by atoms with E-state index in [0.29, 0.717) is 0 Å². The van der Waals surface area contributed by atoms with Crippen LogP contribution in [0, 0.1) is 0 Å². The minimum Gasteiger partial charge on any atom is -0.327 e. The number of hydrogen-bond acceptors (Lipinski definition) is 4. The number of nitrogens with zero attached hydrogens (tertiary/aromatic N) is 2. The van der Waals surface area contributed by atoms with Gasteiger partial charge in [-0.15, -0.1) is 11.8 Å². The van der Waals surface area contributed by atoms with Crippen molar-refractivity contribution < 1.29 is 4.79 Å². The maximum atomic E-state index is 13.5. The maximum Gasteiger partial charge on any atom is 0.193 e. The van der Waals surface area contributed by atoms with Gasteiger partial charge in [-0.05, 0) is 36.8 Å². The number of carbonyl (C=O) groups is 1. The Bertz CT molecular complexity index is 889. The van der Waals surface area contributed by atoms with E-state index in [1.165, 1.54) is 5.56 Å². The lowest BCUT2D eigenvalue weighted by Gasteiger charge is -2.43. The summed E-state index contributed by atoms with van der Waals surface area (Å²) < 4.78 is -0.681. The van der Waals surface area contributed by atoms with Crippen LogP contribution in [0.25, 0.3) is 0 Å². The van der Waals surface area contributed by atoms with Crippen molar-refractivity contribution in [3.63, 3.8) is 0 Å². The molecule has 0 fully saturated rings. The van der Waals surface area contributed by atoms with Gasteiger partial charge in [-0.1, -0.05) is 30.3 Å². The van der Waals surface area contributed by atoms with Crippen molar-refractivity contribution in [2.75, 3.05) is 17.7 Å². The molecule has 3 heterocycles. The van der Waals surface area contributed by atoms with Gasteiger partial charge in [0.25, 0.3) is 0 Å². The van der Waals surface area contributed by atoms with Crippen molar-refractivity contribution in [3.05, 3.63) is 59.2 Å². The normalized spacial score (nSPS) is 24.0. The summed E-state index contributed by atoms with van der Waals surface area (Å²) in [4.78, 5) is 20.7. The smallest absolute Gasteiger partial charge is 0.193 e. The van der Waals surface area contributed by atoms with E-state index in [0.717, 1.165) is 47.7 Å². The molecule has 0 amide bonds. The Kier molecular flexibility index (Phi) is 2.61. The second kappa shape index (κ2) is 4.48. The number of anilines is 1. The molecule has 0 aromatic heterocycles. The predicted octanol–water partition coefficient (Wildman–Crippen LogP) is 3.94. The van der Waals surface area contributed by atoms with Crippen LogP contribution >= 0.6 is 11.8 Å². The number of hydrogen-bond donors (Lipinski definition) is 0. The van der Waals surface area contributed by atoms with Crippen LogP contribution in [-0.2, 0) is 11.2 Å². The summed E-state index contributed by atoms with van der Waals surface area (Å²) in [6, 6.07) is 14.2. The third-order valence-corrected chi connectivity index (χ3v) is 6.37. The lowest BCUT2D eigenvalue weighted by atomic mass is 9.81. The number of aryl methyl sites for hydroxylation is 1. The number of carbonyl (C=O) groups excluding carboxylic acids is 1. The summed E-state index contributed by atoms with van der Waals surface area (Å²) in [5.41, 5.74) is 5.20. The quantitative estimate of drug-likeness (QED) is 0.798. The van der Waals surface area contributed by atoms with Crippen LogP contribution in [0.15, 0.2) is 47.5 Å². The first-order valence-corrected chi connectivity index (χ1v) is 9.18. The van der Waals surface area contributed by atoms with Crippen LogP contribution in [-0.4, -0.2) is 24.4 Å². The fourth-order valence-corrected chi connectivity index (χ4v) is 5.21. The van der Waals surface area contributed by atoms with Crippen molar-refractivity contribution >= 4 is 34.8 Å². The molecule has 3 aliphatic heterocycles. The number of benzene rings is 2. The molecule has 2 aromatic carbocycles. The second-order valence-corrected chi connectivity index (χ2v) is 7.26. The van der Waals surface area contributed by atoms with E-state index in [2.05, 4.69) is 17.0 Å². The summed E-state index contributed by atoms with van der Waals surface area (Å²) >= 11 is 1.61. The number of fused-ring (bicyclic) bond motifs is 4. The van der Waals surface area contributed by atoms with Gasteiger partial charge in [0, 0.05) is 17.7 Å². The monoisotopic (exact) mass is 320 g/mol. The van der Waals surface area contributed by atoms with Crippen molar-refractivity contribution in [1.82, 2.24) is 0 Å². The van der Waals surface area contributed by atoms with E-state index in [1.54, 1.807) is 11.8 Å². The molecule has 5 rings (SSSR count). The van der Waals surface area contributed by atoms with E-state index in [-0.39, 0.29) is 5.78 Å². The van der Waals surface area contributed by atoms with Crippen molar-refractivity contribution in [2.24, 2.45) is 4.99 Å². The Hall–Kier alpha value is -2.07. The second-order valence-electron chi connectivity index (χ2n) is 6.24. The third-order valence-electron chi connectivity index (χ3n) is 5.17. The number of aliphatic imine (C=N–C) groups is 1. The summed E-state index contributed by atoms with van der Waals surface area (Å²) in [6.07, 6.45) is 4.16. The molecule has 0 radical (unpaired) electrons. The van der Waals surface area contributed by atoms with Crippen molar-refractivity contribution in [3.8, 4) is 0 Å². The van der Waals surface area contributed by atoms with Crippen LogP contribution in [0.4, 0.5) is 11.4 Å². The fraction of sp³-hybridized carbons (Fsp3) is 0.263. The summed E-state index contributed by atoms with van der Waals surface area (Å²) in [5.74, 6) is 1.10. The zero-order valence-electron chi connectivity index (χ0n) is 12.9. The summed E-state index contributed by atoms with van der Waals surface area (Å²) in [7, 11) is 0. The third kappa shape index (κ3) is 1.47. The number of para-hydroxylation sites is 2. The largest absolute Gasteiger partial charge is 0.327 e. The number of ketones is 1. The van der Waals surface area contributed by atoms with Crippen LogP contribution in [0.3, 0.4) is 0 Å². The lowest BCUT2D eigenvalue weighted by Crippen LogP contribution is -2.54. The highest BCUT2D eigenvalue weighted by molar-refractivity contribution is 8.01. The highest BCUT2D eigenvalue weighted by atomic mass is 32.2. The van der Waals surface area contributed by atoms with Gasteiger partial charge in [-0.2, -0.15) is 0 Å². The summed E-state index contributed by atoms with van der Waals surface area (Å²) in [5, 5.41) is 0. The zero-order chi connectivity index (χ0) is 15.6. The molecule has 1 atom stereocenters. The average molecular weight is 320 g/mol. The van der Waals surface area contributed by atoms with E-state index in [1.807, 2.05) is 36.6 Å². The Labute approximate surface area is 139 Å². The molecule has 4 heteroatoms. The van der Waals surface area contributed by atoms with Gasteiger partial charge < -0.3 is 4.90 Å². The average Bonchev–Trinajstić information content (AvgIpc) is 2.95. The van der Waals surface area contributed by atoms with Gasteiger partial charge in [0.2, 0.25) is 0 Å². The molecule has 114 valence electrons. The van der Waals surface area contributed by atoms with E-state index in [4.69, 9.17) is 4.99 Å². The van der Waals surface area contributed by atoms with Gasteiger partial charge in [0.15, 0.2) is 10.5 Å². The Morgan fingerprint density at radius 2 is 2.04 bits per heavy atom. The van der Waals surface area contributed by atoms with Crippen LogP contribution < -0.4 is 4.90 Å². The Morgan fingerprint density at radius 1 is 1.17 bits per heavy atom. The first kappa shape index (κ1) is 13.4. The molecule has 23 heavy (non-hydrogen) atoms. The first-order valence-electron chi connectivity index (χ1n) is 7.95. The van der Waals surface area contributed by atoms with Gasteiger partial charge in [0.1, 0.15) is 5.84 Å². The lowest BCUT2D eigenvalue weighted by molar-refractivity contribution is 0.0968. The van der Waals surface area contributed by atoms with Crippen LogP contribution in [0.2, 0.25) is 0 Å². The Balaban J connectivity index is 1.87. The minimum absolute atomic E-state index is 0.184. The van der Waals surface area contributed by atoms with Gasteiger partial charge in [-0.3, -0.25) is 4.79 Å². The molecule has 3 aliphatic rings. The summed E-state index contributed by atoms with van der Waals surface area (Å²) in [6.45, 7) is 0.937. The number of thioether (sulfide) groups is 1. The van der Waals surface area contributed by atoms with Crippen LogP contribution in [0.1, 0.15) is 27.9 Å². The molecule has 0 N–H and O–H groups in total. The molecule has 0 bridgehead atoms. The van der Waals surface area contributed by atoms with Gasteiger partial charge >= 0.3 is 0 Å². The van der Waals surface area contributed by atoms with Gasteiger partial charge in [0.05, 0.1) is 11.4 Å². The zero-order valence-corrected chi connectivity index (χ0v) is 13.7. The standard InChI is InChI=1S/C19H16N2OS/c1-23-19-14-9-2-3-10-15(14)20-18(19)21-11-5-7-12-6-4-8-13(16(12)21)17(19)22/h2-4,6,8-10H,5,7,11H2,1H3. The topological polar surface area (TPSA) is 32.7 Å². The molecular formula is C19H16N2OS. The molecule has 0 saturated heterocycles. The number of amidine groups is 1. The predicted molar refractivity (Wildman–Crippen MR) is 95.2 cm³/mol. The van der Waals surface area contributed by atoms with Crippen LogP contribution in [0.5, 0.6) is 0 Å².